The number of rotatable bonds is 7. The number of ether oxygens (including phenoxy) is 1. The maximum absolute atomic E-state index is 12.8. The zero-order chi connectivity index (χ0) is 23.9. The number of halogens is 1. The SMILES string of the molecule is CC(C)CCOc1ccc(Br)cc1C(=O)NC(=S)Nc1cccc(C(=O)NC(C)(C)C)c1. The summed E-state index contributed by atoms with van der Waals surface area (Å²) in [5.74, 6) is 0.425. The van der Waals surface area contributed by atoms with Crippen LogP contribution in [0.3, 0.4) is 0 Å². The van der Waals surface area contributed by atoms with Gasteiger partial charge in [-0.1, -0.05) is 35.8 Å². The van der Waals surface area contributed by atoms with Crippen molar-refractivity contribution >= 4 is 50.8 Å². The van der Waals surface area contributed by atoms with Crippen LogP contribution in [0.5, 0.6) is 5.75 Å². The summed E-state index contributed by atoms with van der Waals surface area (Å²) in [6.45, 7) is 10.5. The largest absolute Gasteiger partial charge is 0.493 e. The second-order valence-corrected chi connectivity index (χ2v) is 10.2. The van der Waals surface area contributed by atoms with Crippen LogP contribution in [0, 0.1) is 5.92 Å². The minimum atomic E-state index is -0.384. The molecule has 6 nitrogen and oxygen atoms in total. The fourth-order valence-corrected chi connectivity index (χ4v) is 3.27. The minimum Gasteiger partial charge on any atom is -0.493 e. The summed E-state index contributed by atoms with van der Waals surface area (Å²) in [7, 11) is 0. The van der Waals surface area contributed by atoms with Gasteiger partial charge >= 0.3 is 0 Å². The fourth-order valence-electron chi connectivity index (χ4n) is 2.69. The topological polar surface area (TPSA) is 79.5 Å². The molecule has 32 heavy (non-hydrogen) atoms. The average Bonchev–Trinajstić information content (AvgIpc) is 2.67. The van der Waals surface area contributed by atoms with Crippen molar-refractivity contribution in [2.45, 2.75) is 46.6 Å². The Morgan fingerprint density at radius 2 is 1.81 bits per heavy atom. The van der Waals surface area contributed by atoms with Crippen LogP contribution in [0.15, 0.2) is 46.9 Å². The van der Waals surface area contributed by atoms with Gasteiger partial charge in [-0.05, 0) is 81.7 Å². The molecule has 0 aliphatic rings. The minimum absolute atomic E-state index is 0.122. The van der Waals surface area contributed by atoms with E-state index in [4.69, 9.17) is 17.0 Å². The molecule has 2 amide bonds. The highest BCUT2D eigenvalue weighted by Crippen LogP contribution is 2.24. The van der Waals surface area contributed by atoms with Crippen LogP contribution in [-0.4, -0.2) is 29.1 Å². The van der Waals surface area contributed by atoms with Gasteiger partial charge in [-0.3, -0.25) is 14.9 Å². The smallest absolute Gasteiger partial charge is 0.261 e. The number of benzene rings is 2. The Morgan fingerprint density at radius 3 is 2.47 bits per heavy atom. The number of hydrogen-bond donors (Lipinski definition) is 3. The molecule has 0 aliphatic heterocycles. The second-order valence-electron chi connectivity index (χ2n) is 8.86. The third kappa shape index (κ3) is 8.59. The van der Waals surface area contributed by atoms with E-state index in [1.807, 2.05) is 26.8 Å². The molecule has 2 rings (SSSR count). The second kappa shape index (κ2) is 11.4. The first-order chi connectivity index (χ1) is 14.9. The van der Waals surface area contributed by atoms with E-state index in [1.165, 1.54) is 0 Å². The maximum atomic E-state index is 12.8. The molecule has 0 radical (unpaired) electrons. The van der Waals surface area contributed by atoms with Crippen molar-refractivity contribution < 1.29 is 14.3 Å². The van der Waals surface area contributed by atoms with Crippen molar-refractivity contribution in [1.29, 1.82) is 0 Å². The molecule has 2 aromatic carbocycles. The molecule has 0 heterocycles. The summed E-state index contributed by atoms with van der Waals surface area (Å²) in [4.78, 5) is 25.2. The van der Waals surface area contributed by atoms with Gasteiger partial charge in [-0.25, -0.2) is 0 Å². The van der Waals surface area contributed by atoms with E-state index in [1.54, 1.807) is 36.4 Å². The molecule has 0 fully saturated rings. The zero-order valence-electron chi connectivity index (χ0n) is 19.0. The van der Waals surface area contributed by atoms with E-state index < -0.39 is 0 Å². The number of carbonyl (C=O) groups is 2. The molecule has 0 saturated heterocycles. The van der Waals surface area contributed by atoms with E-state index in [-0.39, 0.29) is 22.5 Å². The Hall–Kier alpha value is -2.45. The van der Waals surface area contributed by atoms with Crippen LogP contribution < -0.4 is 20.7 Å². The van der Waals surface area contributed by atoms with Crippen LogP contribution in [0.25, 0.3) is 0 Å². The summed E-state index contributed by atoms with van der Waals surface area (Å²) < 4.78 is 6.58. The molecule has 0 atom stereocenters. The Morgan fingerprint density at radius 1 is 1.09 bits per heavy atom. The first-order valence-corrected chi connectivity index (χ1v) is 11.6. The van der Waals surface area contributed by atoms with Gasteiger partial charge in [0, 0.05) is 21.3 Å². The highest BCUT2D eigenvalue weighted by atomic mass is 79.9. The molecule has 0 aromatic heterocycles. The van der Waals surface area contributed by atoms with Gasteiger partial charge in [0.15, 0.2) is 5.11 Å². The van der Waals surface area contributed by atoms with Gasteiger partial charge in [-0.2, -0.15) is 0 Å². The van der Waals surface area contributed by atoms with Gasteiger partial charge in [0.25, 0.3) is 11.8 Å². The molecule has 172 valence electrons. The molecule has 3 N–H and O–H groups in total. The predicted molar refractivity (Wildman–Crippen MR) is 136 cm³/mol. The number of hydrogen-bond acceptors (Lipinski definition) is 4. The molecule has 0 unspecified atom stereocenters. The van der Waals surface area contributed by atoms with Crippen LogP contribution in [0.2, 0.25) is 0 Å². The van der Waals surface area contributed by atoms with Gasteiger partial charge in [0.05, 0.1) is 12.2 Å². The van der Waals surface area contributed by atoms with Crippen LogP contribution >= 0.6 is 28.1 Å². The van der Waals surface area contributed by atoms with Crippen molar-refractivity contribution in [2.75, 3.05) is 11.9 Å². The van der Waals surface area contributed by atoms with E-state index >= 15 is 0 Å². The molecular formula is C24H30BrN3O3S. The molecule has 0 saturated carbocycles. The first-order valence-electron chi connectivity index (χ1n) is 10.4. The molecule has 8 heteroatoms. The van der Waals surface area contributed by atoms with Gasteiger partial charge < -0.3 is 15.4 Å². The normalized spacial score (nSPS) is 11.1. The third-order valence-corrected chi connectivity index (χ3v) is 4.93. The Kier molecular flexibility index (Phi) is 9.21. The quantitative estimate of drug-likeness (QED) is 0.419. The van der Waals surface area contributed by atoms with E-state index in [0.29, 0.717) is 35.1 Å². The molecule has 0 aliphatic carbocycles. The lowest BCUT2D eigenvalue weighted by molar-refractivity contribution is 0.0918. The molecular weight excluding hydrogens is 490 g/mol. The lowest BCUT2D eigenvalue weighted by atomic mass is 10.1. The third-order valence-electron chi connectivity index (χ3n) is 4.24. The van der Waals surface area contributed by atoms with Gasteiger partial charge in [0.2, 0.25) is 0 Å². The highest BCUT2D eigenvalue weighted by Gasteiger charge is 2.17. The average molecular weight is 520 g/mol. The van der Waals surface area contributed by atoms with Crippen molar-refractivity contribution in [3.05, 3.63) is 58.1 Å². The van der Waals surface area contributed by atoms with Gasteiger partial charge in [0.1, 0.15) is 5.75 Å². The standard InChI is InChI=1S/C24H30BrN3O3S/c1-15(2)11-12-31-20-10-9-17(25)14-19(20)22(30)27-23(32)26-18-8-6-7-16(13-18)21(29)28-24(3,4)5/h6-10,13-15H,11-12H2,1-5H3,(H,28,29)(H2,26,27,30,32). The first kappa shape index (κ1) is 25.8. The number of thiocarbonyl (C=S) groups is 1. The van der Waals surface area contributed by atoms with E-state index in [9.17, 15) is 9.59 Å². The van der Waals surface area contributed by atoms with Crippen molar-refractivity contribution in [3.8, 4) is 5.75 Å². The highest BCUT2D eigenvalue weighted by molar-refractivity contribution is 9.10. The predicted octanol–water partition coefficient (Wildman–Crippen LogP) is 5.53. The Bertz CT molecular complexity index is 987. The lowest BCUT2D eigenvalue weighted by Crippen LogP contribution is -2.40. The van der Waals surface area contributed by atoms with E-state index in [2.05, 4.69) is 45.7 Å². The Balaban J connectivity index is 2.06. The Labute approximate surface area is 203 Å². The number of nitrogens with one attached hydrogen (secondary N) is 3. The molecule has 0 spiro atoms. The summed E-state index contributed by atoms with van der Waals surface area (Å²) in [6.07, 6.45) is 0.885. The number of amides is 2. The van der Waals surface area contributed by atoms with Crippen LogP contribution in [-0.2, 0) is 0 Å². The summed E-state index contributed by atoms with van der Waals surface area (Å²) >= 11 is 8.71. The van der Waals surface area contributed by atoms with Crippen LogP contribution in [0.4, 0.5) is 5.69 Å². The zero-order valence-corrected chi connectivity index (χ0v) is 21.4. The monoisotopic (exact) mass is 519 g/mol. The summed E-state index contributed by atoms with van der Waals surface area (Å²) in [5, 5.41) is 8.68. The molecule has 0 bridgehead atoms. The summed E-state index contributed by atoms with van der Waals surface area (Å²) in [5.41, 5.74) is 1.12. The van der Waals surface area contributed by atoms with Crippen LogP contribution in [0.1, 0.15) is 61.8 Å². The number of anilines is 1. The number of carbonyl (C=O) groups excluding carboxylic acids is 2. The fraction of sp³-hybridized carbons (Fsp3) is 0.375. The molecule has 2 aromatic rings. The maximum Gasteiger partial charge on any atom is 0.261 e. The van der Waals surface area contributed by atoms with Crippen molar-refractivity contribution in [2.24, 2.45) is 5.92 Å². The van der Waals surface area contributed by atoms with Crippen molar-refractivity contribution in [1.82, 2.24) is 10.6 Å². The van der Waals surface area contributed by atoms with Crippen molar-refractivity contribution in [3.63, 3.8) is 0 Å². The lowest BCUT2D eigenvalue weighted by Gasteiger charge is -2.20. The van der Waals surface area contributed by atoms with Gasteiger partial charge in [-0.15, -0.1) is 0 Å². The van der Waals surface area contributed by atoms with E-state index in [0.717, 1.165) is 10.9 Å². The summed E-state index contributed by atoms with van der Waals surface area (Å²) in [6, 6.07) is 12.2.